The Morgan fingerprint density at radius 3 is 2.45 bits per heavy atom. The quantitative estimate of drug-likeness (QED) is 0.682. The van der Waals surface area contributed by atoms with Crippen LogP contribution >= 0.6 is 0 Å². The van der Waals surface area contributed by atoms with Crippen LogP contribution in [-0.4, -0.2) is 39.7 Å². The first-order valence-electron chi connectivity index (χ1n) is 10.1. The van der Waals surface area contributed by atoms with E-state index in [-0.39, 0.29) is 29.8 Å². The van der Waals surface area contributed by atoms with Crippen LogP contribution in [0.3, 0.4) is 0 Å². The standard InChI is InChI=1S/C23H27F2N3O3/c1-7-31-21(30)15-11-27(20(29)14-8-9-17(24)18(25)10-14)13-23(5,6)16-12-28(22(2,3)4)26-19(15)16/h8-12H,7,13H2,1-6H3. The molecule has 31 heavy (non-hydrogen) atoms. The molecular formula is C23H27F2N3O3. The summed E-state index contributed by atoms with van der Waals surface area (Å²) in [4.78, 5) is 27.3. The third-order valence-electron chi connectivity index (χ3n) is 5.16. The highest BCUT2D eigenvalue weighted by molar-refractivity contribution is 6.17. The molecule has 0 atom stereocenters. The molecule has 0 fully saturated rings. The van der Waals surface area contributed by atoms with Gasteiger partial charge in [-0.1, -0.05) is 13.8 Å². The lowest BCUT2D eigenvalue weighted by Crippen LogP contribution is -2.37. The van der Waals surface area contributed by atoms with E-state index < -0.39 is 28.9 Å². The molecule has 0 aliphatic carbocycles. The molecule has 0 unspecified atom stereocenters. The van der Waals surface area contributed by atoms with Gasteiger partial charge in [0.2, 0.25) is 0 Å². The molecule has 2 aromatic rings. The smallest absolute Gasteiger partial charge is 0.341 e. The molecule has 6 nitrogen and oxygen atoms in total. The Hall–Kier alpha value is -3.03. The van der Waals surface area contributed by atoms with Gasteiger partial charge in [-0.05, 0) is 45.9 Å². The maximum Gasteiger partial charge on any atom is 0.341 e. The van der Waals surface area contributed by atoms with Crippen molar-refractivity contribution in [3.63, 3.8) is 0 Å². The number of benzene rings is 1. The summed E-state index contributed by atoms with van der Waals surface area (Å²) in [6, 6.07) is 2.98. The van der Waals surface area contributed by atoms with Gasteiger partial charge in [-0.15, -0.1) is 0 Å². The number of carbonyl (C=O) groups is 2. The Morgan fingerprint density at radius 2 is 1.87 bits per heavy atom. The Balaban J connectivity index is 2.15. The zero-order valence-corrected chi connectivity index (χ0v) is 18.6. The van der Waals surface area contributed by atoms with Gasteiger partial charge >= 0.3 is 5.97 Å². The van der Waals surface area contributed by atoms with Crippen molar-refractivity contribution >= 4 is 17.4 Å². The number of amides is 1. The molecule has 1 aromatic heterocycles. The minimum Gasteiger partial charge on any atom is -0.462 e. The summed E-state index contributed by atoms with van der Waals surface area (Å²) in [5, 5.41) is 4.65. The lowest BCUT2D eigenvalue weighted by molar-refractivity contribution is -0.136. The van der Waals surface area contributed by atoms with E-state index >= 15 is 0 Å². The van der Waals surface area contributed by atoms with Crippen LogP contribution in [0.2, 0.25) is 0 Å². The number of hydrogen-bond donors (Lipinski definition) is 0. The monoisotopic (exact) mass is 431 g/mol. The molecule has 1 amide bonds. The van der Waals surface area contributed by atoms with Crippen LogP contribution in [0.5, 0.6) is 0 Å². The lowest BCUT2D eigenvalue weighted by Gasteiger charge is -2.29. The molecule has 2 heterocycles. The van der Waals surface area contributed by atoms with Crippen LogP contribution in [0.4, 0.5) is 8.78 Å². The van der Waals surface area contributed by atoms with Crippen molar-refractivity contribution in [1.29, 1.82) is 0 Å². The van der Waals surface area contributed by atoms with Gasteiger partial charge in [0.05, 0.1) is 12.1 Å². The first-order chi connectivity index (χ1) is 14.3. The van der Waals surface area contributed by atoms with E-state index in [2.05, 4.69) is 5.10 Å². The number of rotatable bonds is 3. The maximum atomic E-state index is 13.7. The molecule has 166 valence electrons. The van der Waals surface area contributed by atoms with E-state index in [1.165, 1.54) is 17.2 Å². The molecule has 0 saturated carbocycles. The van der Waals surface area contributed by atoms with Crippen LogP contribution in [0, 0.1) is 11.6 Å². The van der Waals surface area contributed by atoms with Gasteiger partial charge in [-0.25, -0.2) is 13.6 Å². The summed E-state index contributed by atoms with van der Waals surface area (Å²) in [6.07, 6.45) is 3.28. The average Bonchev–Trinajstić information content (AvgIpc) is 3.09. The number of nitrogens with zero attached hydrogens (tertiary/aromatic N) is 3. The van der Waals surface area contributed by atoms with Crippen LogP contribution in [0.25, 0.3) is 5.57 Å². The van der Waals surface area contributed by atoms with Crippen molar-refractivity contribution in [3.8, 4) is 0 Å². The number of hydrogen-bond acceptors (Lipinski definition) is 4. The molecule has 0 spiro atoms. The summed E-state index contributed by atoms with van der Waals surface area (Å²) >= 11 is 0. The highest BCUT2D eigenvalue weighted by Crippen LogP contribution is 2.36. The topological polar surface area (TPSA) is 64.4 Å². The molecule has 1 aromatic carbocycles. The zero-order valence-electron chi connectivity index (χ0n) is 18.6. The second-order valence-electron chi connectivity index (χ2n) is 9.22. The molecule has 1 aliphatic heterocycles. The highest BCUT2D eigenvalue weighted by Gasteiger charge is 2.38. The number of ether oxygens (including phenoxy) is 1. The SMILES string of the molecule is CCOC(=O)C1=CN(C(=O)c2ccc(F)c(F)c2)CC(C)(C)c2cn(C(C)(C)C)nc21. The molecule has 0 bridgehead atoms. The Morgan fingerprint density at radius 1 is 1.19 bits per heavy atom. The van der Waals surface area contributed by atoms with E-state index in [0.717, 1.165) is 17.7 Å². The van der Waals surface area contributed by atoms with Gasteiger partial charge < -0.3 is 9.64 Å². The molecule has 0 radical (unpaired) electrons. The summed E-state index contributed by atoms with van der Waals surface area (Å²) < 4.78 is 34.1. The summed E-state index contributed by atoms with van der Waals surface area (Å²) in [7, 11) is 0. The summed E-state index contributed by atoms with van der Waals surface area (Å²) in [5.74, 6) is -3.31. The Kier molecular flexibility index (Phi) is 5.78. The molecule has 8 heteroatoms. The fourth-order valence-electron chi connectivity index (χ4n) is 3.47. The van der Waals surface area contributed by atoms with Crippen molar-refractivity contribution in [1.82, 2.24) is 14.7 Å². The lowest BCUT2D eigenvalue weighted by atomic mass is 9.84. The first kappa shape index (κ1) is 22.7. The van der Waals surface area contributed by atoms with Gasteiger partial charge in [0.15, 0.2) is 11.6 Å². The van der Waals surface area contributed by atoms with Crippen LogP contribution < -0.4 is 0 Å². The molecule has 3 rings (SSSR count). The molecule has 1 aliphatic rings. The van der Waals surface area contributed by atoms with Crippen molar-refractivity contribution in [2.24, 2.45) is 0 Å². The predicted octanol–water partition coefficient (Wildman–Crippen LogP) is 4.25. The normalized spacial score (nSPS) is 15.7. The van der Waals surface area contributed by atoms with Crippen LogP contribution in [0.1, 0.15) is 63.2 Å². The number of esters is 1. The fourth-order valence-corrected chi connectivity index (χ4v) is 3.47. The van der Waals surface area contributed by atoms with E-state index in [9.17, 15) is 18.4 Å². The van der Waals surface area contributed by atoms with Gasteiger partial charge in [0, 0.05) is 35.5 Å². The van der Waals surface area contributed by atoms with Gasteiger partial charge in [-0.3, -0.25) is 9.48 Å². The second-order valence-corrected chi connectivity index (χ2v) is 9.22. The summed E-state index contributed by atoms with van der Waals surface area (Å²) in [5.41, 5.74) is 0.456. The van der Waals surface area contributed by atoms with Crippen molar-refractivity contribution < 1.29 is 23.1 Å². The third kappa shape index (κ3) is 4.38. The Bertz CT molecular complexity index is 1060. The van der Waals surface area contributed by atoms with Gasteiger partial charge in [0.1, 0.15) is 11.3 Å². The zero-order chi connectivity index (χ0) is 23.1. The fraction of sp³-hybridized carbons (Fsp3) is 0.435. The van der Waals surface area contributed by atoms with Crippen molar-refractivity contribution in [2.45, 2.75) is 52.5 Å². The van der Waals surface area contributed by atoms with Gasteiger partial charge in [-0.2, -0.15) is 5.10 Å². The van der Waals surface area contributed by atoms with E-state index in [4.69, 9.17) is 4.74 Å². The third-order valence-corrected chi connectivity index (χ3v) is 5.16. The largest absolute Gasteiger partial charge is 0.462 e. The number of fused-ring (bicyclic) bond motifs is 1. The number of aromatic nitrogens is 2. The van der Waals surface area contributed by atoms with E-state index in [1.54, 1.807) is 11.6 Å². The van der Waals surface area contributed by atoms with E-state index in [1.807, 2.05) is 40.8 Å². The Labute approximate surface area is 180 Å². The average molecular weight is 431 g/mol. The minimum absolute atomic E-state index is 0.0199. The molecule has 0 saturated heterocycles. The first-order valence-corrected chi connectivity index (χ1v) is 10.1. The van der Waals surface area contributed by atoms with Crippen molar-refractivity contribution in [2.75, 3.05) is 13.2 Å². The molecular weight excluding hydrogens is 404 g/mol. The predicted molar refractivity (Wildman–Crippen MR) is 112 cm³/mol. The van der Waals surface area contributed by atoms with Crippen LogP contribution in [-0.2, 0) is 20.5 Å². The van der Waals surface area contributed by atoms with Crippen LogP contribution in [0.15, 0.2) is 30.6 Å². The van der Waals surface area contributed by atoms with E-state index in [0.29, 0.717) is 5.69 Å². The number of carbonyl (C=O) groups excluding carboxylic acids is 2. The highest BCUT2D eigenvalue weighted by atomic mass is 19.2. The second kappa shape index (κ2) is 7.90. The van der Waals surface area contributed by atoms with Crippen molar-refractivity contribution in [3.05, 3.63) is 59.1 Å². The van der Waals surface area contributed by atoms with Gasteiger partial charge in [0.25, 0.3) is 5.91 Å². The number of halogens is 2. The summed E-state index contributed by atoms with van der Waals surface area (Å²) in [6.45, 7) is 11.9. The molecule has 0 N–H and O–H groups in total. The minimum atomic E-state index is -1.11. The maximum absolute atomic E-state index is 13.7.